The number of nitrogens with one attached hydrogen (secondary N) is 3. The number of carbonyl (C=O) groups excluding carboxylic acids is 2. The lowest BCUT2D eigenvalue weighted by Gasteiger charge is -2.08. The van der Waals surface area contributed by atoms with Crippen molar-refractivity contribution in [2.24, 2.45) is 0 Å². The molecule has 0 unspecified atom stereocenters. The van der Waals surface area contributed by atoms with E-state index in [1.165, 1.54) is 4.52 Å². The summed E-state index contributed by atoms with van der Waals surface area (Å²) in [5, 5.41) is 21.2. The van der Waals surface area contributed by atoms with Crippen molar-refractivity contribution >= 4 is 23.5 Å². The summed E-state index contributed by atoms with van der Waals surface area (Å²) in [6, 6.07) is 12.2. The van der Waals surface area contributed by atoms with Gasteiger partial charge >= 0.3 is 6.03 Å². The molecule has 0 bridgehead atoms. The third-order valence-electron chi connectivity index (χ3n) is 3.89. The van der Waals surface area contributed by atoms with Crippen LogP contribution in [0.5, 0.6) is 0 Å². The molecule has 3 amide bonds. The van der Waals surface area contributed by atoms with Crippen LogP contribution in [-0.2, 0) is 0 Å². The molecule has 28 heavy (non-hydrogen) atoms. The van der Waals surface area contributed by atoms with E-state index in [1.54, 1.807) is 37.3 Å². The van der Waals surface area contributed by atoms with Gasteiger partial charge in [0, 0.05) is 13.1 Å². The molecule has 2 aromatic heterocycles. The van der Waals surface area contributed by atoms with E-state index in [0.29, 0.717) is 29.9 Å². The van der Waals surface area contributed by atoms with Gasteiger partial charge in [0.2, 0.25) is 0 Å². The third kappa shape index (κ3) is 3.91. The minimum absolute atomic E-state index is 0.0828. The predicted molar refractivity (Wildman–Crippen MR) is 104 cm³/mol. The lowest BCUT2D eigenvalue weighted by Crippen LogP contribution is -2.28. The standard InChI is InChI=1S/C19H19N7O2/c1-3-21-17(27)15-9-14(13-7-5-6-12(8-13)11-20)10-16-23-18(25-26(15)16)24-19(28)22-4-2/h5-10H,3-4H2,1-2H3,(H,21,27)(H2,22,24,25,28). The zero-order chi connectivity index (χ0) is 20.1. The van der Waals surface area contributed by atoms with Gasteiger partial charge in [-0.05, 0) is 49.2 Å². The number of urea groups is 1. The number of benzene rings is 1. The first-order chi connectivity index (χ1) is 13.5. The number of pyridine rings is 1. The molecule has 142 valence electrons. The third-order valence-corrected chi connectivity index (χ3v) is 3.89. The highest BCUT2D eigenvalue weighted by Crippen LogP contribution is 2.24. The van der Waals surface area contributed by atoms with E-state index in [1.807, 2.05) is 13.0 Å². The summed E-state index contributed by atoms with van der Waals surface area (Å²) in [5.74, 6) is -0.236. The number of anilines is 1. The molecule has 0 saturated carbocycles. The van der Waals surface area contributed by atoms with Crippen molar-refractivity contribution < 1.29 is 9.59 Å². The summed E-state index contributed by atoms with van der Waals surface area (Å²) in [7, 11) is 0. The first-order valence-corrected chi connectivity index (χ1v) is 8.80. The van der Waals surface area contributed by atoms with Gasteiger partial charge in [-0.1, -0.05) is 12.1 Å². The maximum atomic E-state index is 12.5. The van der Waals surface area contributed by atoms with Crippen molar-refractivity contribution in [2.75, 3.05) is 18.4 Å². The Balaban J connectivity index is 2.12. The first kappa shape index (κ1) is 18.8. The van der Waals surface area contributed by atoms with Gasteiger partial charge in [0.25, 0.3) is 11.9 Å². The summed E-state index contributed by atoms with van der Waals surface area (Å²) >= 11 is 0. The number of carbonyl (C=O) groups is 2. The van der Waals surface area contributed by atoms with Gasteiger partial charge < -0.3 is 10.6 Å². The number of amides is 3. The Kier molecular flexibility index (Phi) is 5.50. The van der Waals surface area contributed by atoms with Crippen molar-refractivity contribution in [1.29, 1.82) is 5.26 Å². The fourth-order valence-electron chi connectivity index (χ4n) is 2.69. The summed E-state index contributed by atoms with van der Waals surface area (Å²) in [4.78, 5) is 28.6. The van der Waals surface area contributed by atoms with E-state index in [-0.39, 0.29) is 17.5 Å². The van der Waals surface area contributed by atoms with Crippen LogP contribution in [0.25, 0.3) is 16.8 Å². The van der Waals surface area contributed by atoms with Gasteiger partial charge in [-0.15, -0.1) is 5.10 Å². The molecule has 9 heteroatoms. The molecule has 0 atom stereocenters. The second-order valence-corrected chi connectivity index (χ2v) is 5.87. The minimum atomic E-state index is -0.431. The van der Waals surface area contributed by atoms with E-state index in [0.717, 1.165) is 5.56 Å². The van der Waals surface area contributed by atoms with Crippen LogP contribution in [-0.4, -0.2) is 39.6 Å². The fourth-order valence-corrected chi connectivity index (χ4v) is 2.69. The minimum Gasteiger partial charge on any atom is -0.351 e. The van der Waals surface area contributed by atoms with E-state index in [4.69, 9.17) is 5.26 Å². The molecule has 0 aliphatic rings. The number of hydrogen-bond acceptors (Lipinski definition) is 5. The maximum absolute atomic E-state index is 12.5. The van der Waals surface area contributed by atoms with Crippen LogP contribution < -0.4 is 16.0 Å². The van der Waals surface area contributed by atoms with E-state index < -0.39 is 6.03 Å². The molecule has 0 fully saturated rings. The average Bonchev–Trinajstić information content (AvgIpc) is 3.09. The predicted octanol–water partition coefficient (Wildman–Crippen LogP) is 2.16. The van der Waals surface area contributed by atoms with E-state index >= 15 is 0 Å². The Bertz CT molecular complexity index is 1080. The highest BCUT2D eigenvalue weighted by molar-refractivity contribution is 5.95. The topological polar surface area (TPSA) is 124 Å². The molecule has 3 aromatic rings. The Hall–Kier alpha value is -3.93. The second kappa shape index (κ2) is 8.18. The number of nitrogens with zero attached hydrogens (tertiary/aromatic N) is 4. The average molecular weight is 377 g/mol. The monoisotopic (exact) mass is 377 g/mol. The summed E-state index contributed by atoms with van der Waals surface area (Å²) in [6.45, 7) is 4.53. The Labute approximate surface area is 161 Å². The second-order valence-electron chi connectivity index (χ2n) is 5.87. The van der Waals surface area contributed by atoms with Crippen molar-refractivity contribution in [3.63, 3.8) is 0 Å². The molecule has 0 aliphatic carbocycles. The fraction of sp³-hybridized carbons (Fsp3) is 0.211. The number of fused-ring (bicyclic) bond motifs is 1. The first-order valence-electron chi connectivity index (χ1n) is 8.80. The maximum Gasteiger partial charge on any atom is 0.321 e. The number of nitriles is 1. The van der Waals surface area contributed by atoms with Gasteiger partial charge in [0.15, 0.2) is 5.65 Å². The number of aromatic nitrogens is 3. The van der Waals surface area contributed by atoms with Crippen molar-refractivity contribution in [3.05, 3.63) is 47.7 Å². The molecule has 9 nitrogen and oxygen atoms in total. The van der Waals surface area contributed by atoms with Crippen LogP contribution >= 0.6 is 0 Å². The molecule has 2 heterocycles. The van der Waals surface area contributed by atoms with Crippen molar-refractivity contribution in [3.8, 4) is 17.2 Å². The molecule has 3 rings (SSSR count). The molecular formula is C19H19N7O2. The van der Waals surface area contributed by atoms with E-state index in [2.05, 4.69) is 32.1 Å². The van der Waals surface area contributed by atoms with Crippen molar-refractivity contribution in [1.82, 2.24) is 25.2 Å². The van der Waals surface area contributed by atoms with Crippen LogP contribution in [0.15, 0.2) is 36.4 Å². The molecule has 0 aliphatic heterocycles. The lowest BCUT2D eigenvalue weighted by molar-refractivity contribution is 0.0948. The molecule has 0 saturated heterocycles. The van der Waals surface area contributed by atoms with Crippen molar-refractivity contribution in [2.45, 2.75) is 13.8 Å². The van der Waals surface area contributed by atoms with Gasteiger partial charge in [0.05, 0.1) is 11.6 Å². The van der Waals surface area contributed by atoms with Crippen LogP contribution in [0.1, 0.15) is 29.9 Å². The van der Waals surface area contributed by atoms with Gasteiger partial charge in [-0.3, -0.25) is 10.1 Å². The Morgan fingerprint density at radius 2 is 1.89 bits per heavy atom. The van der Waals surface area contributed by atoms with Crippen LogP contribution in [0, 0.1) is 11.3 Å². The molecule has 1 aromatic carbocycles. The SMILES string of the molecule is CCNC(=O)Nc1nc2cc(-c3cccc(C#N)c3)cc(C(=O)NCC)n2n1. The van der Waals surface area contributed by atoms with E-state index in [9.17, 15) is 9.59 Å². The summed E-state index contributed by atoms with van der Waals surface area (Å²) < 4.78 is 1.38. The van der Waals surface area contributed by atoms with Gasteiger partial charge in [0.1, 0.15) is 5.69 Å². The Morgan fingerprint density at radius 3 is 2.61 bits per heavy atom. The quantitative estimate of drug-likeness (QED) is 0.628. The highest BCUT2D eigenvalue weighted by Gasteiger charge is 2.17. The Morgan fingerprint density at radius 1 is 1.11 bits per heavy atom. The smallest absolute Gasteiger partial charge is 0.321 e. The van der Waals surface area contributed by atoms with Gasteiger partial charge in [-0.25, -0.2) is 9.31 Å². The largest absolute Gasteiger partial charge is 0.351 e. The summed E-state index contributed by atoms with van der Waals surface area (Å²) in [6.07, 6.45) is 0. The molecule has 3 N–H and O–H groups in total. The lowest BCUT2D eigenvalue weighted by atomic mass is 10.0. The van der Waals surface area contributed by atoms with Gasteiger partial charge in [-0.2, -0.15) is 10.2 Å². The summed E-state index contributed by atoms with van der Waals surface area (Å²) in [5.41, 5.74) is 2.66. The van der Waals surface area contributed by atoms with Crippen LogP contribution in [0.3, 0.4) is 0 Å². The number of rotatable bonds is 5. The zero-order valence-electron chi connectivity index (χ0n) is 15.5. The molecule has 0 radical (unpaired) electrons. The van der Waals surface area contributed by atoms with Crippen LogP contribution in [0.2, 0.25) is 0 Å². The van der Waals surface area contributed by atoms with Crippen LogP contribution in [0.4, 0.5) is 10.7 Å². The molecule has 0 spiro atoms. The normalized spacial score (nSPS) is 10.3. The zero-order valence-corrected chi connectivity index (χ0v) is 15.5. The molecular weight excluding hydrogens is 358 g/mol. The number of hydrogen-bond donors (Lipinski definition) is 3. The highest BCUT2D eigenvalue weighted by atomic mass is 16.2.